The molecule has 0 saturated carbocycles. The molecule has 0 aromatic heterocycles. The Morgan fingerprint density at radius 2 is 1.14 bits per heavy atom. The number of allylic oxidation sites excluding steroid dienone is 5. The predicted molar refractivity (Wildman–Crippen MR) is 153 cm³/mol. The van der Waals surface area contributed by atoms with Crippen LogP contribution in [0, 0.1) is 0 Å². The number of unbranched alkanes of at least 4 members (excludes halogenated alkanes) is 13. The fraction of sp³-hybridized carbons (Fsp3) is 0.774. The first-order valence-electron chi connectivity index (χ1n) is 14.8. The summed E-state index contributed by atoms with van der Waals surface area (Å²) in [6, 6.07) is -0.814. The molecule has 0 fully saturated rings. The van der Waals surface area contributed by atoms with E-state index in [2.05, 4.69) is 43.5 Å². The number of carbonyl (C=O) groups is 1. The van der Waals surface area contributed by atoms with E-state index >= 15 is 0 Å². The van der Waals surface area contributed by atoms with Gasteiger partial charge in [0.1, 0.15) is 6.10 Å². The number of aliphatic hydroxyl groups is 3. The third-order valence-electron chi connectivity index (χ3n) is 6.44. The Morgan fingerprint density at radius 3 is 1.64 bits per heavy atom. The van der Waals surface area contributed by atoms with Gasteiger partial charge in [-0.05, 0) is 38.5 Å². The molecule has 0 aliphatic rings. The molecular weight excluding hydrogens is 450 g/mol. The van der Waals surface area contributed by atoms with Gasteiger partial charge in [0.2, 0.25) is 5.91 Å². The minimum Gasteiger partial charge on any atom is -0.394 e. The summed E-state index contributed by atoms with van der Waals surface area (Å²) in [5, 5.41) is 32.6. The van der Waals surface area contributed by atoms with Crippen molar-refractivity contribution < 1.29 is 20.1 Å². The van der Waals surface area contributed by atoms with E-state index in [9.17, 15) is 20.1 Å². The van der Waals surface area contributed by atoms with Crippen molar-refractivity contribution in [2.24, 2.45) is 0 Å². The van der Waals surface area contributed by atoms with Crippen LogP contribution in [0.15, 0.2) is 36.5 Å². The van der Waals surface area contributed by atoms with Crippen LogP contribution in [0.1, 0.15) is 129 Å². The van der Waals surface area contributed by atoms with Gasteiger partial charge in [-0.1, -0.05) is 127 Å². The van der Waals surface area contributed by atoms with Crippen LogP contribution in [-0.2, 0) is 4.79 Å². The van der Waals surface area contributed by atoms with Crippen LogP contribution in [-0.4, -0.2) is 46.1 Å². The third kappa shape index (κ3) is 21.8. The Hall–Kier alpha value is -1.43. The fourth-order valence-corrected chi connectivity index (χ4v) is 4.04. The van der Waals surface area contributed by atoms with Crippen LogP contribution in [0.25, 0.3) is 0 Å². The minimum atomic E-state index is -1.10. The Bertz CT molecular complexity index is 573. The third-order valence-corrected chi connectivity index (χ3v) is 6.44. The zero-order valence-electron chi connectivity index (χ0n) is 23.4. The van der Waals surface area contributed by atoms with Crippen molar-refractivity contribution in [1.82, 2.24) is 5.32 Å². The van der Waals surface area contributed by atoms with Crippen molar-refractivity contribution in [3.63, 3.8) is 0 Å². The van der Waals surface area contributed by atoms with Crippen molar-refractivity contribution in [3.05, 3.63) is 36.5 Å². The highest BCUT2D eigenvalue weighted by atomic mass is 16.3. The van der Waals surface area contributed by atoms with E-state index in [4.69, 9.17) is 0 Å². The van der Waals surface area contributed by atoms with E-state index in [-0.39, 0.29) is 6.61 Å². The number of amides is 1. The van der Waals surface area contributed by atoms with Gasteiger partial charge >= 0.3 is 0 Å². The van der Waals surface area contributed by atoms with E-state index in [0.717, 1.165) is 51.4 Å². The van der Waals surface area contributed by atoms with Crippen LogP contribution < -0.4 is 5.32 Å². The summed E-state index contributed by atoms with van der Waals surface area (Å²) < 4.78 is 0. The zero-order chi connectivity index (χ0) is 26.7. The quantitative estimate of drug-likeness (QED) is 0.0798. The number of hydrogen-bond acceptors (Lipinski definition) is 4. The Balaban J connectivity index is 3.93. The van der Waals surface area contributed by atoms with Crippen molar-refractivity contribution in [2.75, 3.05) is 6.61 Å². The molecule has 0 rings (SSSR count). The summed E-state index contributed by atoms with van der Waals surface area (Å²) in [7, 11) is 0. The molecule has 210 valence electrons. The molecule has 0 heterocycles. The van der Waals surface area contributed by atoms with Gasteiger partial charge in [0.25, 0.3) is 0 Å². The van der Waals surface area contributed by atoms with Gasteiger partial charge in [-0.3, -0.25) is 4.79 Å². The van der Waals surface area contributed by atoms with Crippen LogP contribution in [0.3, 0.4) is 0 Å². The van der Waals surface area contributed by atoms with Crippen molar-refractivity contribution >= 4 is 5.91 Å². The molecule has 5 nitrogen and oxygen atoms in total. The first-order valence-corrected chi connectivity index (χ1v) is 14.8. The maximum Gasteiger partial charge on any atom is 0.249 e. The van der Waals surface area contributed by atoms with Gasteiger partial charge in [-0.2, -0.15) is 0 Å². The predicted octanol–water partition coefficient (Wildman–Crippen LogP) is 6.92. The van der Waals surface area contributed by atoms with Gasteiger partial charge in [-0.25, -0.2) is 0 Å². The second-order valence-corrected chi connectivity index (χ2v) is 9.94. The molecule has 3 unspecified atom stereocenters. The standard InChI is InChI=1S/C31H57NO4/c1-3-5-7-9-11-13-15-17-19-21-23-25-29(34)28(27-33)32-31(36)30(35)26-24-22-20-18-16-14-12-10-8-6-4-2/h7,9,15,17,23,25,28-30,33-35H,3-6,8,10-14,16,18-22,24,26-27H2,1-2H3,(H,32,36)/b9-7+,17-15+,25-23+. The number of aliphatic hydroxyl groups excluding tert-OH is 3. The van der Waals surface area contributed by atoms with Gasteiger partial charge in [0, 0.05) is 0 Å². The van der Waals surface area contributed by atoms with E-state index in [1.165, 1.54) is 57.8 Å². The second-order valence-electron chi connectivity index (χ2n) is 9.94. The molecule has 0 saturated heterocycles. The second kappa shape index (κ2) is 26.6. The number of rotatable bonds is 25. The molecule has 0 bridgehead atoms. The first-order chi connectivity index (χ1) is 17.6. The van der Waals surface area contributed by atoms with Gasteiger partial charge in [0.15, 0.2) is 0 Å². The smallest absolute Gasteiger partial charge is 0.249 e. The normalized spacial score (nSPS) is 14.7. The summed E-state index contributed by atoms with van der Waals surface area (Å²) in [5.74, 6) is -0.524. The summed E-state index contributed by atoms with van der Waals surface area (Å²) in [5.41, 5.74) is 0. The maximum atomic E-state index is 12.3. The van der Waals surface area contributed by atoms with Crippen LogP contribution in [0.2, 0.25) is 0 Å². The molecule has 0 spiro atoms. The lowest BCUT2D eigenvalue weighted by molar-refractivity contribution is -0.131. The Labute approximate surface area is 222 Å². The number of hydrogen-bond donors (Lipinski definition) is 4. The molecule has 0 radical (unpaired) electrons. The van der Waals surface area contributed by atoms with Crippen LogP contribution in [0.4, 0.5) is 0 Å². The first kappa shape index (κ1) is 34.6. The number of nitrogens with one attached hydrogen (secondary N) is 1. The molecule has 5 heteroatoms. The lowest BCUT2D eigenvalue weighted by atomic mass is 10.0. The average molecular weight is 508 g/mol. The summed E-state index contributed by atoms with van der Waals surface area (Å²) in [6.07, 6.45) is 30.1. The molecule has 0 aliphatic heterocycles. The van der Waals surface area contributed by atoms with Gasteiger partial charge in [-0.15, -0.1) is 0 Å². The highest BCUT2D eigenvalue weighted by molar-refractivity contribution is 5.80. The van der Waals surface area contributed by atoms with Crippen molar-refractivity contribution in [2.45, 2.75) is 148 Å². The topological polar surface area (TPSA) is 89.8 Å². The molecule has 1 amide bonds. The fourth-order valence-electron chi connectivity index (χ4n) is 4.04. The molecule has 0 aliphatic carbocycles. The van der Waals surface area contributed by atoms with E-state index < -0.39 is 24.2 Å². The summed E-state index contributed by atoms with van der Waals surface area (Å²) in [4.78, 5) is 12.3. The maximum absolute atomic E-state index is 12.3. The highest BCUT2D eigenvalue weighted by Crippen LogP contribution is 2.13. The largest absolute Gasteiger partial charge is 0.394 e. The highest BCUT2D eigenvalue weighted by Gasteiger charge is 2.22. The molecule has 0 aromatic rings. The van der Waals surface area contributed by atoms with Crippen molar-refractivity contribution in [1.29, 1.82) is 0 Å². The van der Waals surface area contributed by atoms with Gasteiger partial charge < -0.3 is 20.6 Å². The molecule has 3 atom stereocenters. The Kier molecular flexibility index (Phi) is 25.6. The van der Waals surface area contributed by atoms with E-state index in [1.807, 2.05) is 6.08 Å². The molecule has 4 N–H and O–H groups in total. The monoisotopic (exact) mass is 507 g/mol. The van der Waals surface area contributed by atoms with Crippen LogP contribution >= 0.6 is 0 Å². The molecular formula is C31H57NO4. The molecule has 0 aromatic carbocycles. The lowest BCUT2D eigenvalue weighted by Gasteiger charge is -2.21. The Morgan fingerprint density at radius 1 is 0.667 bits per heavy atom. The number of carbonyl (C=O) groups excluding carboxylic acids is 1. The zero-order valence-corrected chi connectivity index (χ0v) is 23.4. The van der Waals surface area contributed by atoms with E-state index in [1.54, 1.807) is 6.08 Å². The van der Waals surface area contributed by atoms with Crippen molar-refractivity contribution in [3.8, 4) is 0 Å². The average Bonchev–Trinajstić information content (AvgIpc) is 2.88. The summed E-state index contributed by atoms with van der Waals surface area (Å²) >= 11 is 0. The lowest BCUT2D eigenvalue weighted by Crippen LogP contribution is -2.48. The summed E-state index contributed by atoms with van der Waals surface area (Å²) in [6.45, 7) is 4.03. The SMILES string of the molecule is CCC/C=C/CC/C=C/CC/C=C/C(O)C(CO)NC(=O)C(O)CCCCCCCCCCCCC. The minimum absolute atomic E-state index is 0.381. The molecule has 36 heavy (non-hydrogen) atoms. The van der Waals surface area contributed by atoms with Gasteiger partial charge in [0.05, 0.1) is 18.8 Å². The van der Waals surface area contributed by atoms with Crippen LogP contribution in [0.5, 0.6) is 0 Å². The van der Waals surface area contributed by atoms with E-state index in [0.29, 0.717) is 6.42 Å².